The normalized spacial score (nSPS) is 21.8. The molecule has 168 valence electrons. The number of amides is 1. The van der Waals surface area contributed by atoms with Crippen molar-refractivity contribution >= 4 is 20.0 Å². The van der Waals surface area contributed by atoms with Crippen molar-refractivity contribution in [2.45, 2.75) is 63.8 Å². The van der Waals surface area contributed by atoms with E-state index in [9.17, 15) is 14.7 Å². The Kier molecular flexibility index (Phi) is 6.80. The number of hydrogen-bond acceptors (Lipinski definition) is 6. The van der Waals surface area contributed by atoms with Gasteiger partial charge in [-0.25, -0.2) is 4.79 Å². The minimum absolute atomic E-state index is 0.0524. The highest BCUT2D eigenvalue weighted by Crippen LogP contribution is 2.37. The smallest absolute Gasteiger partial charge is 0.351 e. The van der Waals surface area contributed by atoms with Gasteiger partial charge in [-0.1, -0.05) is 39.0 Å². The van der Waals surface area contributed by atoms with Crippen molar-refractivity contribution in [3.05, 3.63) is 58.6 Å². The molecule has 1 aliphatic rings. The van der Waals surface area contributed by atoms with Gasteiger partial charge in [0.1, 0.15) is 18.1 Å². The lowest BCUT2D eigenvalue weighted by atomic mass is 10.2. The van der Waals surface area contributed by atoms with Crippen LogP contribution in [-0.4, -0.2) is 47.7 Å². The van der Waals surface area contributed by atoms with Crippen LogP contribution in [-0.2, 0) is 9.16 Å². The lowest BCUT2D eigenvalue weighted by Gasteiger charge is -2.37. The van der Waals surface area contributed by atoms with Crippen LogP contribution in [0, 0.1) is 0 Å². The average Bonchev–Trinajstić information content (AvgIpc) is 3.06. The fourth-order valence-corrected chi connectivity index (χ4v) is 4.04. The first-order chi connectivity index (χ1) is 14.5. The number of nitrogens with zero attached hydrogens (tertiary/aromatic N) is 2. The van der Waals surface area contributed by atoms with Gasteiger partial charge < -0.3 is 19.6 Å². The fourth-order valence-electron chi connectivity index (χ4n) is 3.02. The molecule has 1 amide bonds. The molecule has 0 saturated carbocycles. The highest BCUT2D eigenvalue weighted by molar-refractivity contribution is 6.74. The summed E-state index contributed by atoms with van der Waals surface area (Å²) in [5.74, 6) is -0.188. The molecule has 0 unspecified atom stereocenters. The second-order valence-corrected chi connectivity index (χ2v) is 14.1. The van der Waals surface area contributed by atoms with E-state index in [-0.39, 0.29) is 29.8 Å². The van der Waals surface area contributed by atoms with E-state index >= 15 is 0 Å². The number of aliphatic hydroxyl groups is 1. The Balaban J connectivity index is 1.64. The summed E-state index contributed by atoms with van der Waals surface area (Å²) >= 11 is 0. The van der Waals surface area contributed by atoms with Gasteiger partial charge >= 0.3 is 5.69 Å². The maximum atomic E-state index is 12.5. The minimum Gasteiger partial charge on any atom is -0.414 e. The van der Waals surface area contributed by atoms with Crippen LogP contribution < -0.4 is 11.0 Å². The van der Waals surface area contributed by atoms with E-state index in [0.29, 0.717) is 5.56 Å². The summed E-state index contributed by atoms with van der Waals surface area (Å²) in [7, 11) is -1.98. The molecule has 1 fully saturated rings. The van der Waals surface area contributed by atoms with E-state index in [1.165, 1.54) is 16.8 Å². The third-order valence-electron chi connectivity index (χ3n) is 6.04. The number of hydrogen-bond donors (Lipinski definition) is 2. The molecule has 0 bridgehead atoms. The van der Waals surface area contributed by atoms with Crippen molar-refractivity contribution in [3.8, 4) is 0 Å². The summed E-state index contributed by atoms with van der Waals surface area (Å²) < 4.78 is 13.4. The monoisotopic (exact) mass is 445 g/mol. The molecule has 8 nitrogen and oxygen atoms in total. The van der Waals surface area contributed by atoms with Crippen molar-refractivity contribution < 1.29 is 19.1 Å². The SMILES string of the molecule is CC(C)(C)[Si](C)(C)OC[C@H]1O[C@@H](n2ccc(NC(=O)c3ccccc3)nc2=O)C[C@@H]1O. The summed E-state index contributed by atoms with van der Waals surface area (Å²) in [5, 5.41) is 13.1. The number of aliphatic hydroxyl groups excluding tert-OH is 1. The molecule has 2 heterocycles. The van der Waals surface area contributed by atoms with E-state index in [0.717, 1.165) is 0 Å². The van der Waals surface area contributed by atoms with E-state index in [1.807, 2.05) is 6.07 Å². The third kappa shape index (κ3) is 5.48. The number of carbonyl (C=O) groups is 1. The number of aromatic nitrogens is 2. The Morgan fingerprint density at radius 2 is 1.97 bits per heavy atom. The topological polar surface area (TPSA) is 103 Å². The van der Waals surface area contributed by atoms with Crippen molar-refractivity contribution in [3.63, 3.8) is 0 Å². The van der Waals surface area contributed by atoms with Crippen LogP contribution in [0.15, 0.2) is 47.4 Å². The molecule has 0 spiro atoms. The Hall–Kier alpha value is -2.33. The van der Waals surface area contributed by atoms with Gasteiger partial charge in [0.25, 0.3) is 5.91 Å². The van der Waals surface area contributed by atoms with Gasteiger partial charge in [0, 0.05) is 18.2 Å². The standard InChI is InChI=1S/C22H31N3O5Si/c1-22(2,3)31(4,5)29-14-17-16(26)13-19(30-17)25-12-11-18(24-21(25)28)23-20(27)15-9-7-6-8-10-15/h6-12,16-17,19,26H,13-14H2,1-5H3,(H,23,24,27,28)/t16-,17+,19+/m0/s1. The molecule has 3 atom stereocenters. The molecule has 1 aromatic carbocycles. The van der Waals surface area contributed by atoms with E-state index in [2.05, 4.69) is 44.2 Å². The Bertz CT molecular complexity index is 971. The van der Waals surface area contributed by atoms with Gasteiger partial charge in [0.2, 0.25) is 0 Å². The van der Waals surface area contributed by atoms with Gasteiger partial charge in [0.15, 0.2) is 8.32 Å². The van der Waals surface area contributed by atoms with Crippen LogP contribution in [0.3, 0.4) is 0 Å². The maximum absolute atomic E-state index is 12.5. The van der Waals surface area contributed by atoms with Crippen LogP contribution in [0.25, 0.3) is 0 Å². The van der Waals surface area contributed by atoms with Gasteiger partial charge in [-0.05, 0) is 36.3 Å². The zero-order chi connectivity index (χ0) is 22.8. The van der Waals surface area contributed by atoms with E-state index in [1.54, 1.807) is 24.3 Å². The predicted octanol–water partition coefficient (Wildman–Crippen LogP) is 3.17. The molecule has 2 N–H and O–H groups in total. The summed E-state index contributed by atoms with van der Waals surface area (Å²) in [6.45, 7) is 11.0. The van der Waals surface area contributed by atoms with Crippen LogP contribution in [0.5, 0.6) is 0 Å². The second kappa shape index (κ2) is 9.03. The highest BCUT2D eigenvalue weighted by atomic mass is 28.4. The molecule has 1 aromatic heterocycles. The zero-order valence-electron chi connectivity index (χ0n) is 18.7. The number of anilines is 1. The molecule has 9 heteroatoms. The fraction of sp³-hybridized carbons (Fsp3) is 0.500. The van der Waals surface area contributed by atoms with Gasteiger partial charge in [0.05, 0.1) is 12.7 Å². The van der Waals surface area contributed by atoms with Crippen LogP contribution in [0.1, 0.15) is 43.8 Å². The van der Waals surface area contributed by atoms with E-state index < -0.39 is 32.4 Å². The summed E-state index contributed by atoms with van der Waals surface area (Å²) in [6.07, 6.45) is -0.0998. The first-order valence-electron chi connectivity index (χ1n) is 10.4. The first kappa shape index (κ1) is 23.3. The van der Waals surface area contributed by atoms with Crippen molar-refractivity contribution in [2.75, 3.05) is 11.9 Å². The molecule has 2 aromatic rings. The lowest BCUT2D eigenvalue weighted by molar-refractivity contribution is -0.0432. The van der Waals surface area contributed by atoms with Crippen LogP contribution in [0.4, 0.5) is 5.82 Å². The number of nitrogens with one attached hydrogen (secondary N) is 1. The Labute approximate surface area is 183 Å². The number of benzene rings is 1. The van der Waals surface area contributed by atoms with Crippen LogP contribution in [0.2, 0.25) is 18.1 Å². The van der Waals surface area contributed by atoms with Crippen molar-refractivity contribution in [1.29, 1.82) is 0 Å². The summed E-state index contributed by atoms with van der Waals surface area (Å²) in [6, 6.07) is 10.2. The molecule has 1 saturated heterocycles. The van der Waals surface area contributed by atoms with Gasteiger partial charge in [-0.15, -0.1) is 0 Å². The Morgan fingerprint density at radius 3 is 2.58 bits per heavy atom. The average molecular weight is 446 g/mol. The van der Waals surface area contributed by atoms with Crippen molar-refractivity contribution in [1.82, 2.24) is 9.55 Å². The Morgan fingerprint density at radius 1 is 1.29 bits per heavy atom. The third-order valence-corrected chi connectivity index (χ3v) is 10.5. The second-order valence-electron chi connectivity index (χ2n) is 9.33. The number of carbonyl (C=O) groups excluding carboxylic acids is 1. The van der Waals surface area contributed by atoms with Gasteiger partial charge in [-0.2, -0.15) is 4.98 Å². The van der Waals surface area contributed by atoms with Crippen molar-refractivity contribution in [2.24, 2.45) is 0 Å². The van der Waals surface area contributed by atoms with Gasteiger partial charge in [-0.3, -0.25) is 9.36 Å². The molecular weight excluding hydrogens is 414 g/mol. The van der Waals surface area contributed by atoms with Crippen LogP contribution >= 0.6 is 0 Å². The van der Waals surface area contributed by atoms with E-state index in [4.69, 9.17) is 9.16 Å². The number of rotatable bonds is 6. The molecular formula is C22H31N3O5Si. The minimum atomic E-state index is -1.98. The zero-order valence-corrected chi connectivity index (χ0v) is 19.7. The number of ether oxygens (including phenoxy) is 1. The summed E-state index contributed by atoms with van der Waals surface area (Å²) in [5.41, 5.74) is -0.0886. The molecule has 3 rings (SSSR count). The maximum Gasteiger partial charge on any atom is 0.351 e. The first-order valence-corrected chi connectivity index (χ1v) is 13.3. The quantitative estimate of drug-likeness (QED) is 0.662. The molecule has 0 aliphatic carbocycles. The molecule has 0 radical (unpaired) electrons. The summed E-state index contributed by atoms with van der Waals surface area (Å²) in [4.78, 5) is 28.7. The molecule has 31 heavy (non-hydrogen) atoms. The predicted molar refractivity (Wildman–Crippen MR) is 121 cm³/mol. The highest BCUT2D eigenvalue weighted by Gasteiger charge is 2.41. The molecule has 1 aliphatic heterocycles. The largest absolute Gasteiger partial charge is 0.414 e. The lowest BCUT2D eigenvalue weighted by Crippen LogP contribution is -2.43.